The van der Waals surface area contributed by atoms with E-state index >= 15 is 0 Å². The molecular formula is C45H86ClNO. The minimum Gasteiger partial charge on any atom is -1.00 e. The Labute approximate surface area is 309 Å². The van der Waals surface area contributed by atoms with Crippen molar-refractivity contribution in [3.05, 3.63) is 35.9 Å². The lowest BCUT2D eigenvalue weighted by Gasteiger charge is -2.31. The van der Waals surface area contributed by atoms with E-state index in [4.69, 9.17) is 4.84 Å². The van der Waals surface area contributed by atoms with E-state index in [-0.39, 0.29) is 18.5 Å². The number of hydrogen-bond donors (Lipinski definition) is 0. The highest BCUT2D eigenvalue weighted by atomic mass is 35.5. The van der Waals surface area contributed by atoms with E-state index in [1.54, 1.807) is 0 Å². The van der Waals surface area contributed by atoms with Gasteiger partial charge in [0.25, 0.3) is 0 Å². The van der Waals surface area contributed by atoms with Crippen molar-refractivity contribution in [1.82, 2.24) is 0 Å². The Balaban J connectivity index is 0.0000221. The molecule has 2 nitrogen and oxygen atoms in total. The van der Waals surface area contributed by atoms with Gasteiger partial charge >= 0.3 is 0 Å². The van der Waals surface area contributed by atoms with Gasteiger partial charge in [0, 0.05) is 0 Å². The largest absolute Gasteiger partial charge is 1.00 e. The van der Waals surface area contributed by atoms with Crippen molar-refractivity contribution in [3.63, 3.8) is 0 Å². The van der Waals surface area contributed by atoms with Crippen molar-refractivity contribution in [2.45, 2.75) is 232 Å². The average molecular weight is 693 g/mol. The van der Waals surface area contributed by atoms with Crippen molar-refractivity contribution in [2.75, 3.05) is 20.6 Å². The summed E-state index contributed by atoms with van der Waals surface area (Å²) >= 11 is 0. The van der Waals surface area contributed by atoms with E-state index in [0.29, 0.717) is 4.65 Å². The molecule has 0 bridgehead atoms. The van der Waals surface area contributed by atoms with E-state index in [0.717, 1.165) is 13.0 Å². The molecule has 48 heavy (non-hydrogen) atoms. The summed E-state index contributed by atoms with van der Waals surface area (Å²) in [5.41, 5.74) is 1.35. The Morgan fingerprint density at radius 3 is 1.04 bits per heavy atom. The third-order valence-electron chi connectivity index (χ3n) is 10.5. The molecule has 0 aliphatic heterocycles. The average Bonchev–Trinajstić information content (AvgIpc) is 3.07. The normalized spacial score (nSPS) is 12.3. The first-order valence-electron chi connectivity index (χ1n) is 21.7. The molecule has 0 fully saturated rings. The van der Waals surface area contributed by atoms with Crippen molar-refractivity contribution >= 4 is 0 Å². The SMILES string of the molecule is CCCCCCCCCCCCCCCCCCC(O[N+](C)(C)CCCCCCCCCCCCCCCCCC)c1ccccc1.[Cl-]. The van der Waals surface area contributed by atoms with Gasteiger partial charge in [-0.15, -0.1) is 0 Å². The molecule has 3 heteroatoms. The van der Waals surface area contributed by atoms with E-state index < -0.39 is 0 Å². The topological polar surface area (TPSA) is 9.23 Å². The quantitative estimate of drug-likeness (QED) is 0.0383. The van der Waals surface area contributed by atoms with Gasteiger partial charge in [-0.25, -0.2) is 0 Å². The number of nitrogens with zero attached hydrogens (tertiary/aromatic N) is 1. The molecule has 0 radical (unpaired) electrons. The molecule has 0 spiro atoms. The Morgan fingerprint density at radius 2 is 0.708 bits per heavy atom. The predicted octanol–water partition coefficient (Wildman–Crippen LogP) is 12.7. The summed E-state index contributed by atoms with van der Waals surface area (Å²) in [5.74, 6) is 0. The van der Waals surface area contributed by atoms with E-state index in [1.165, 1.54) is 211 Å². The van der Waals surface area contributed by atoms with E-state index in [9.17, 15) is 0 Å². The van der Waals surface area contributed by atoms with E-state index in [2.05, 4.69) is 58.3 Å². The van der Waals surface area contributed by atoms with Crippen LogP contribution in [0.5, 0.6) is 0 Å². The van der Waals surface area contributed by atoms with Crippen LogP contribution in [0.15, 0.2) is 30.3 Å². The maximum atomic E-state index is 6.81. The van der Waals surface area contributed by atoms with Gasteiger partial charge in [-0.3, -0.25) is 0 Å². The molecule has 0 aliphatic carbocycles. The molecule has 0 N–H and O–H groups in total. The zero-order valence-corrected chi connectivity index (χ0v) is 34.0. The monoisotopic (exact) mass is 692 g/mol. The van der Waals surface area contributed by atoms with Crippen molar-refractivity contribution in [1.29, 1.82) is 0 Å². The Kier molecular flexibility index (Phi) is 35.8. The summed E-state index contributed by atoms with van der Waals surface area (Å²) in [5, 5.41) is 0. The van der Waals surface area contributed by atoms with Gasteiger partial charge in [0.15, 0.2) is 0 Å². The van der Waals surface area contributed by atoms with Gasteiger partial charge in [0.1, 0.15) is 12.6 Å². The molecule has 1 aromatic rings. The molecule has 0 saturated heterocycles. The lowest BCUT2D eigenvalue weighted by molar-refractivity contribution is -1.08. The molecule has 0 saturated carbocycles. The van der Waals surface area contributed by atoms with E-state index in [1.807, 2.05) is 0 Å². The number of halogens is 1. The van der Waals surface area contributed by atoms with Crippen LogP contribution in [0.2, 0.25) is 0 Å². The lowest BCUT2D eigenvalue weighted by atomic mass is 10.0. The summed E-state index contributed by atoms with van der Waals surface area (Å²) in [6.45, 7) is 5.72. The van der Waals surface area contributed by atoms with Crippen LogP contribution in [0.1, 0.15) is 237 Å². The first-order chi connectivity index (χ1) is 23.1. The smallest absolute Gasteiger partial charge is 0.142 e. The zero-order chi connectivity index (χ0) is 33.9. The molecular weight excluding hydrogens is 606 g/mol. The fraction of sp³-hybridized carbons (Fsp3) is 0.867. The molecule has 1 aromatic carbocycles. The standard InChI is InChI=1S/C45H86NO.ClH/c1-5-7-9-11-13-15-17-19-21-23-25-27-29-31-33-38-42-45(44-40-36-35-37-41-44)47-46(3,4)43-39-34-32-30-28-26-24-22-20-18-16-14-12-10-8-6-2;/h35-37,40-41,45H,5-34,38-39,42-43H2,1-4H3;1H/q+1;/p-1. The molecule has 1 atom stereocenters. The molecule has 0 heterocycles. The number of unbranched alkanes of at least 4 members (excludes halogenated alkanes) is 30. The number of rotatable bonds is 37. The van der Waals surface area contributed by atoms with Crippen LogP contribution >= 0.6 is 0 Å². The van der Waals surface area contributed by atoms with Crippen LogP contribution in [0, 0.1) is 0 Å². The van der Waals surface area contributed by atoms with Crippen molar-refractivity contribution < 1.29 is 21.9 Å². The Bertz CT molecular complexity index is 738. The Morgan fingerprint density at radius 1 is 0.417 bits per heavy atom. The summed E-state index contributed by atoms with van der Waals surface area (Å²) < 4.78 is 0.678. The minimum absolute atomic E-state index is 0. The maximum Gasteiger partial charge on any atom is 0.142 e. The lowest BCUT2D eigenvalue weighted by Crippen LogP contribution is -3.00. The van der Waals surface area contributed by atoms with Gasteiger partial charge in [-0.05, 0) is 24.8 Å². The van der Waals surface area contributed by atoms with Crippen LogP contribution in [0.25, 0.3) is 0 Å². The minimum atomic E-state index is 0. The highest BCUT2D eigenvalue weighted by Gasteiger charge is 2.24. The predicted molar refractivity (Wildman–Crippen MR) is 211 cm³/mol. The van der Waals surface area contributed by atoms with Gasteiger partial charge < -0.3 is 12.4 Å². The molecule has 0 amide bonds. The summed E-state index contributed by atoms with van der Waals surface area (Å²) in [6.07, 6.45) is 46.9. The molecule has 284 valence electrons. The second-order valence-electron chi connectivity index (χ2n) is 15.7. The second-order valence-corrected chi connectivity index (χ2v) is 15.7. The first kappa shape index (κ1) is 47.4. The van der Waals surface area contributed by atoms with Gasteiger partial charge in [-0.1, -0.05) is 237 Å². The summed E-state index contributed by atoms with van der Waals surface area (Å²) in [4.78, 5) is 6.81. The zero-order valence-electron chi connectivity index (χ0n) is 33.2. The van der Waals surface area contributed by atoms with Gasteiger partial charge in [0.2, 0.25) is 0 Å². The maximum absolute atomic E-state index is 6.81. The molecule has 0 aromatic heterocycles. The van der Waals surface area contributed by atoms with Gasteiger partial charge in [-0.2, -0.15) is 9.48 Å². The molecule has 1 rings (SSSR count). The molecule has 1 unspecified atom stereocenters. The van der Waals surface area contributed by atoms with Crippen LogP contribution < -0.4 is 12.4 Å². The third-order valence-corrected chi connectivity index (χ3v) is 10.5. The van der Waals surface area contributed by atoms with Crippen LogP contribution in [-0.4, -0.2) is 25.3 Å². The molecule has 0 aliphatic rings. The number of hydroxylamine groups is 3. The number of benzene rings is 1. The van der Waals surface area contributed by atoms with Gasteiger partial charge in [0.05, 0.1) is 14.1 Å². The fourth-order valence-electron chi connectivity index (χ4n) is 7.26. The van der Waals surface area contributed by atoms with Crippen LogP contribution in [0.3, 0.4) is 0 Å². The van der Waals surface area contributed by atoms with Crippen molar-refractivity contribution in [2.24, 2.45) is 0 Å². The highest BCUT2D eigenvalue weighted by molar-refractivity contribution is 5.17. The van der Waals surface area contributed by atoms with Crippen molar-refractivity contribution in [3.8, 4) is 0 Å². The summed E-state index contributed by atoms with van der Waals surface area (Å²) in [7, 11) is 4.55. The number of hydrogen-bond acceptors (Lipinski definition) is 1. The Hall–Kier alpha value is -0.570. The third kappa shape index (κ3) is 31.4. The fourth-order valence-corrected chi connectivity index (χ4v) is 7.26. The van der Waals surface area contributed by atoms with Crippen LogP contribution in [-0.2, 0) is 4.84 Å². The highest BCUT2D eigenvalue weighted by Crippen LogP contribution is 2.28. The van der Waals surface area contributed by atoms with Crippen LogP contribution in [0.4, 0.5) is 0 Å². The second kappa shape index (κ2) is 36.2. The summed E-state index contributed by atoms with van der Waals surface area (Å²) in [6, 6.07) is 11.0. The first-order valence-corrected chi connectivity index (χ1v) is 21.7. The number of quaternary nitrogens is 1.